The Bertz CT molecular complexity index is 523. The number of fused-ring (bicyclic) bond motifs is 5. The largest absolute Gasteiger partial charge is 0.237 e. The van der Waals surface area contributed by atoms with Crippen molar-refractivity contribution in [3.63, 3.8) is 0 Å². The van der Waals surface area contributed by atoms with Gasteiger partial charge in [-0.1, -0.05) is 26.2 Å². The monoisotopic (exact) mass is 344 g/mol. The third kappa shape index (κ3) is 2.78. The molecule has 0 saturated heterocycles. The maximum absolute atomic E-state index is 6.06. The molecule has 2 heteroatoms. The van der Waals surface area contributed by atoms with Crippen LogP contribution in [0.4, 0.5) is 0 Å². The Hall–Kier alpha value is -0.520. The summed E-state index contributed by atoms with van der Waals surface area (Å²) < 4.78 is 0. The van der Waals surface area contributed by atoms with Crippen molar-refractivity contribution in [2.75, 3.05) is 13.2 Å². The van der Waals surface area contributed by atoms with Crippen LogP contribution < -0.4 is 0 Å². The Kier molecular flexibility index (Phi) is 4.93. The molecule has 4 fully saturated rings. The van der Waals surface area contributed by atoms with Crippen molar-refractivity contribution in [1.82, 2.24) is 0 Å². The van der Waals surface area contributed by atoms with Crippen LogP contribution >= 0.6 is 0 Å². The van der Waals surface area contributed by atoms with E-state index in [2.05, 4.69) is 12.8 Å². The summed E-state index contributed by atoms with van der Waals surface area (Å²) in [5, 5.41) is 0. The lowest BCUT2D eigenvalue weighted by Crippen LogP contribution is -2.55. The number of terminal acetylenes is 1. The van der Waals surface area contributed by atoms with Gasteiger partial charge in [-0.15, -0.1) is 12.3 Å². The van der Waals surface area contributed by atoms with Crippen LogP contribution in [0.15, 0.2) is 0 Å². The van der Waals surface area contributed by atoms with Crippen molar-refractivity contribution >= 4 is 0 Å². The van der Waals surface area contributed by atoms with Crippen LogP contribution in [0.3, 0.4) is 0 Å². The van der Waals surface area contributed by atoms with E-state index in [-0.39, 0.29) is 0 Å². The molecule has 0 N–H and O–H groups in total. The lowest BCUT2D eigenvalue weighted by Gasteiger charge is -2.61. The first-order valence-corrected chi connectivity index (χ1v) is 10.8. The fraction of sp³-hybridized carbons (Fsp3) is 0.913. The minimum Gasteiger partial charge on any atom is -0.237 e. The van der Waals surface area contributed by atoms with Gasteiger partial charge in [0.2, 0.25) is 0 Å². The Morgan fingerprint density at radius 3 is 2.60 bits per heavy atom. The highest BCUT2D eigenvalue weighted by Crippen LogP contribution is 2.67. The smallest absolute Gasteiger partial charge is 0.0881 e. The molecule has 4 aliphatic carbocycles. The molecule has 0 radical (unpaired) electrons. The summed E-state index contributed by atoms with van der Waals surface area (Å²) in [7, 11) is 0. The molecule has 140 valence electrons. The van der Waals surface area contributed by atoms with E-state index in [9.17, 15) is 0 Å². The molecule has 2 nitrogen and oxygen atoms in total. The Morgan fingerprint density at radius 2 is 1.80 bits per heavy atom. The molecular formula is C23H36O2. The van der Waals surface area contributed by atoms with Gasteiger partial charge in [0.15, 0.2) is 0 Å². The molecule has 1 unspecified atom stereocenters. The van der Waals surface area contributed by atoms with Gasteiger partial charge >= 0.3 is 0 Å². The first kappa shape index (κ1) is 17.9. The Balaban J connectivity index is 1.60. The van der Waals surface area contributed by atoms with Gasteiger partial charge in [0.25, 0.3) is 0 Å². The summed E-state index contributed by atoms with van der Waals surface area (Å²) in [6.45, 7) is 6.06. The molecule has 0 amide bonds. The lowest BCUT2D eigenvalue weighted by atomic mass is 9.43. The van der Waals surface area contributed by atoms with Crippen molar-refractivity contribution < 1.29 is 9.78 Å². The van der Waals surface area contributed by atoms with Crippen molar-refractivity contribution in [3.05, 3.63) is 0 Å². The number of hydrogen-bond acceptors (Lipinski definition) is 2. The molecule has 0 spiro atoms. The van der Waals surface area contributed by atoms with E-state index in [0.717, 1.165) is 30.3 Å². The van der Waals surface area contributed by atoms with Gasteiger partial charge in [-0.25, -0.2) is 9.78 Å². The average Bonchev–Trinajstić information content (AvgIpc) is 3.05. The SMILES string of the molecule is C#C[C@H]1C[C@H]2[C@@H]3CCC[C@@]3(COOCC)CC[C@@H]2[C@@]2(C)CCCCC12. The van der Waals surface area contributed by atoms with E-state index in [0.29, 0.717) is 23.4 Å². The van der Waals surface area contributed by atoms with Crippen molar-refractivity contribution in [3.8, 4) is 12.3 Å². The highest BCUT2D eigenvalue weighted by Gasteiger charge is 2.60. The average molecular weight is 345 g/mol. The first-order chi connectivity index (χ1) is 12.1. The summed E-state index contributed by atoms with van der Waals surface area (Å²) in [6, 6.07) is 0. The fourth-order valence-electron chi connectivity index (χ4n) is 7.87. The van der Waals surface area contributed by atoms with E-state index in [1.54, 1.807) is 0 Å². The second-order valence-corrected chi connectivity index (χ2v) is 9.71. The van der Waals surface area contributed by atoms with Crippen LogP contribution in [0.5, 0.6) is 0 Å². The van der Waals surface area contributed by atoms with Crippen LogP contribution in [0.2, 0.25) is 0 Å². The van der Waals surface area contributed by atoms with Crippen LogP contribution in [0.1, 0.15) is 78.1 Å². The van der Waals surface area contributed by atoms with Gasteiger partial charge in [0, 0.05) is 11.3 Å². The maximum Gasteiger partial charge on any atom is 0.0881 e. The van der Waals surface area contributed by atoms with Crippen molar-refractivity contribution in [2.45, 2.75) is 78.1 Å². The quantitative estimate of drug-likeness (QED) is 0.285. The summed E-state index contributed by atoms with van der Waals surface area (Å²) in [4.78, 5) is 10.9. The summed E-state index contributed by atoms with van der Waals surface area (Å²) in [6.07, 6.45) is 19.7. The van der Waals surface area contributed by atoms with Crippen LogP contribution in [-0.2, 0) is 9.78 Å². The predicted octanol–water partition coefficient (Wildman–Crippen LogP) is 5.62. The molecule has 0 aliphatic heterocycles. The van der Waals surface area contributed by atoms with E-state index < -0.39 is 0 Å². The minimum absolute atomic E-state index is 0.368. The summed E-state index contributed by atoms with van der Waals surface area (Å²) >= 11 is 0. The van der Waals surface area contributed by atoms with Gasteiger partial charge in [-0.3, -0.25) is 0 Å². The molecule has 0 aromatic rings. The highest BCUT2D eigenvalue weighted by molar-refractivity contribution is 5.13. The van der Waals surface area contributed by atoms with Gasteiger partial charge < -0.3 is 0 Å². The first-order valence-electron chi connectivity index (χ1n) is 10.8. The zero-order valence-electron chi connectivity index (χ0n) is 16.3. The van der Waals surface area contributed by atoms with E-state index in [1.807, 2.05) is 6.92 Å². The van der Waals surface area contributed by atoms with Crippen LogP contribution in [0, 0.1) is 52.8 Å². The van der Waals surface area contributed by atoms with Crippen molar-refractivity contribution in [2.24, 2.45) is 40.4 Å². The minimum atomic E-state index is 0.368. The molecule has 0 bridgehead atoms. The molecule has 4 saturated carbocycles. The fourth-order valence-corrected chi connectivity index (χ4v) is 7.87. The molecule has 0 heterocycles. The van der Waals surface area contributed by atoms with E-state index >= 15 is 0 Å². The highest BCUT2D eigenvalue weighted by atomic mass is 17.2. The third-order valence-corrected chi connectivity index (χ3v) is 8.91. The maximum atomic E-state index is 6.06. The van der Waals surface area contributed by atoms with E-state index in [4.69, 9.17) is 16.2 Å². The number of rotatable bonds is 4. The van der Waals surface area contributed by atoms with Gasteiger partial charge in [0.05, 0.1) is 13.2 Å². The Labute approximate surface area is 154 Å². The van der Waals surface area contributed by atoms with E-state index in [1.165, 1.54) is 64.2 Å². The predicted molar refractivity (Wildman–Crippen MR) is 101 cm³/mol. The topological polar surface area (TPSA) is 18.5 Å². The summed E-state index contributed by atoms with van der Waals surface area (Å²) in [5.41, 5.74) is 0.862. The van der Waals surface area contributed by atoms with Gasteiger partial charge in [-0.2, -0.15) is 0 Å². The number of hydrogen-bond donors (Lipinski definition) is 0. The standard InChI is InChI=1S/C23H36O2/c1-4-17-15-18-20(22(3)12-7-6-9-19(17)22)11-14-23(16-25-24-5-2)13-8-10-21(18)23/h1,17-21H,5-16H2,2-3H3/t17-,18+,19?,20-,21-,22-,23-/m0/s1. The third-order valence-electron chi connectivity index (χ3n) is 8.91. The Morgan fingerprint density at radius 1 is 0.960 bits per heavy atom. The molecule has 4 rings (SSSR count). The second-order valence-electron chi connectivity index (χ2n) is 9.71. The molecule has 0 aromatic carbocycles. The zero-order chi connectivity index (χ0) is 17.5. The molecule has 7 atom stereocenters. The van der Waals surface area contributed by atoms with Gasteiger partial charge in [-0.05, 0) is 81.0 Å². The second kappa shape index (κ2) is 6.90. The zero-order valence-corrected chi connectivity index (χ0v) is 16.3. The van der Waals surface area contributed by atoms with Crippen LogP contribution in [0.25, 0.3) is 0 Å². The summed E-state index contributed by atoms with van der Waals surface area (Å²) in [5.74, 6) is 7.06. The van der Waals surface area contributed by atoms with Crippen LogP contribution in [-0.4, -0.2) is 13.2 Å². The molecule has 4 aliphatic rings. The molecule has 0 aromatic heterocycles. The molecule has 25 heavy (non-hydrogen) atoms. The van der Waals surface area contributed by atoms with Gasteiger partial charge in [0.1, 0.15) is 0 Å². The molecular weight excluding hydrogens is 308 g/mol. The lowest BCUT2D eigenvalue weighted by molar-refractivity contribution is -0.315. The normalized spacial score (nSPS) is 48.9. The van der Waals surface area contributed by atoms with Crippen molar-refractivity contribution in [1.29, 1.82) is 0 Å².